The summed E-state index contributed by atoms with van der Waals surface area (Å²) in [5, 5.41) is 13.7. The molecular weight excluding hydrogens is 332 g/mol. The SMILES string of the molecule is C[C@@H](C(=O)Nc1ccccc1)[NH+]1CCN(c2ccc([N+](=O)[O-])cc2)CC1. The number of nitro groups is 1. The first kappa shape index (κ1) is 17.9. The van der Waals surface area contributed by atoms with Gasteiger partial charge in [-0.25, -0.2) is 0 Å². The molecule has 1 saturated heterocycles. The van der Waals surface area contributed by atoms with Gasteiger partial charge in [0.2, 0.25) is 0 Å². The Labute approximate surface area is 152 Å². The Balaban J connectivity index is 1.54. The predicted molar refractivity (Wildman–Crippen MR) is 101 cm³/mol. The highest BCUT2D eigenvalue weighted by Crippen LogP contribution is 2.19. The minimum atomic E-state index is -0.390. The fourth-order valence-corrected chi connectivity index (χ4v) is 3.23. The van der Waals surface area contributed by atoms with Gasteiger partial charge in [0.05, 0.1) is 31.1 Å². The lowest BCUT2D eigenvalue weighted by atomic mass is 10.2. The number of quaternary nitrogens is 1. The van der Waals surface area contributed by atoms with Gasteiger partial charge in [0.15, 0.2) is 6.04 Å². The molecule has 1 atom stereocenters. The maximum Gasteiger partial charge on any atom is 0.282 e. The largest absolute Gasteiger partial charge is 0.360 e. The molecule has 1 aliphatic rings. The second kappa shape index (κ2) is 7.97. The Morgan fingerprint density at radius 3 is 2.31 bits per heavy atom. The van der Waals surface area contributed by atoms with E-state index in [1.54, 1.807) is 12.1 Å². The highest BCUT2D eigenvalue weighted by Gasteiger charge is 2.29. The van der Waals surface area contributed by atoms with Crippen molar-refractivity contribution in [3.05, 3.63) is 64.7 Å². The first-order chi connectivity index (χ1) is 12.5. The maximum absolute atomic E-state index is 12.5. The molecule has 2 aromatic rings. The lowest BCUT2D eigenvalue weighted by molar-refractivity contribution is -0.914. The Bertz CT molecular complexity index is 756. The number of amides is 1. The number of nitrogens with zero attached hydrogens (tertiary/aromatic N) is 2. The summed E-state index contributed by atoms with van der Waals surface area (Å²) in [6, 6.07) is 16.0. The van der Waals surface area contributed by atoms with E-state index in [-0.39, 0.29) is 22.6 Å². The van der Waals surface area contributed by atoms with Gasteiger partial charge in [0.1, 0.15) is 0 Å². The molecule has 0 radical (unpaired) electrons. The zero-order valence-electron chi connectivity index (χ0n) is 14.7. The average molecular weight is 355 g/mol. The van der Waals surface area contributed by atoms with Gasteiger partial charge in [-0.1, -0.05) is 18.2 Å². The van der Waals surface area contributed by atoms with Gasteiger partial charge in [-0.2, -0.15) is 0 Å². The molecule has 0 bridgehead atoms. The first-order valence-corrected chi connectivity index (χ1v) is 8.74. The summed E-state index contributed by atoms with van der Waals surface area (Å²) in [4.78, 5) is 26.3. The van der Waals surface area contributed by atoms with Crippen LogP contribution in [0.4, 0.5) is 17.1 Å². The summed E-state index contributed by atoms with van der Waals surface area (Å²) < 4.78 is 0. The minimum absolute atomic E-state index is 0.0231. The van der Waals surface area contributed by atoms with E-state index >= 15 is 0 Å². The van der Waals surface area contributed by atoms with Gasteiger partial charge in [0.25, 0.3) is 11.6 Å². The maximum atomic E-state index is 12.5. The minimum Gasteiger partial charge on any atom is -0.360 e. The molecule has 0 spiro atoms. The van der Waals surface area contributed by atoms with Crippen molar-refractivity contribution in [2.75, 3.05) is 36.4 Å². The molecule has 0 aliphatic carbocycles. The number of nitro benzene ring substituents is 1. The van der Waals surface area contributed by atoms with E-state index in [0.29, 0.717) is 0 Å². The van der Waals surface area contributed by atoms with Crippen LogP contribution in [0, 0.1) is 10.1 Å². The number of piperazine rings is 1. The Kier molecular flexibility index (Phi) is 5.48. The molecule has 3 rings (SSSR count). The second-order valence-electron chi connectivity index (χ2n) is 6.50. The van der Waals surface area contributed by atoms with Crippen LogP contribution in [-0.2, 0) is 4.79 Å². The fraction of sp³-hybridized carbons (Fsp3) is 0.316. The van der Waals surface area contributed by atoms with Crippen molar-refractivity contribution in [1.29, 1.82) is 0 Å². The summed E-state index contributed by atoms with van der Waals surface area (Å²) in [5.74, 6) is 0.0231. The quantitative estimate of drug-likeness (QED) is 0.626. The third-order valence-corrected chi connectivity index (χ3v) is 4.88. The highest BCUT2D eigenvalue weighted by molar-refractivity contribution is 5.93. The molecule has 0 aromatic heterocycles. The summed E-state index contributed by atoms with van der Waals surface area (Å²) in [6.45, 7) is 5.28. The number of hydrogen-bond donors (Lipinski definition) is 2. The molecular formula is C19H23N4O3+. The summed E-state index contributed by atoms with van der Waals surface area (Å²) >= 11 is 0. The molecule has 1 heterocycles. The number of nitrogens with one attached hydrogen (secondary N) is 2. The van der Waals surface area contributed by atoms with Crippen LogP contribution in [0.25, 0.3) is 0 Å². The van der Waals surface area contributed by atoms with Crippen LogP contribution in [-0.4, -0.2) is 43.1 Å². The van der Waals surface area contributed by atoms with Crippen molar-refractivity contribution < 1.29 is 14.6 Å². The fourth-order valence-electron chi connectivity index (χ4n) is 3.23. The van der Waals surface area contributed by atoms with Crippen LogP contribution in [0.3, 0.4) is 0 Å². The van der Waals surface area contributed by atoms with E-state index in [0.717, 1.165) is 37.6 Å². The molecule has 0 unspecified atom stereocenters. The van der Waals surface area contributed by atoms with Gasteiger partial charge >= 0.3 is 0 Å². The standard InChI is InChI=1S/C19H22N4O3/c1-15(19(24)20-16-5-3-2-4-6-16)21-11-13-22(14-12-21)17-7-9-18(10-8-17)23(25)26/h2-10,15H,11-14H2,1H3,(H,20,24)/p+1/t15-/m0/s1. The van der Waals surface area contributed by atoms with Crippen LogP contribution in [0.5, 0.6) is 0 Å². The van der Waals surface area contributed by atoms with Crippen molar-refractivity contribution in [1.82, 2.24) is 0 Å². The molecule has 1 amide bonds. The molecule has 7 heteroatoms. The van der Waals surface area contributed by atoms with Gasteiger partial charge < -0.3 is 15.1 Å². The predicted octanol–water partition coefficient (Wildman–Crippen LogP) is 1.33. The molecule has 1 fully saturated rings. The summed E-state index contributed by atoms with van der Waals surface area (Å²) in [5.41, 5.74) is 1.90. The number of hydrogen-bond acceptors (Lipinski definition) is 4. The zero-order valence-corrected chi connectivity index (χ0v) is 14.7. The van der Waals surface area contributed by atoms with E-state index in [2.05, 4.69) is 10.2 Å². The number of rotatable bonds is 5. The molecule has 0 saturated carbocycles. The van der Waals surface area contributed by atoms with Crippen molar-refractivity contribution >= 4 is 23.0 Å². The molecule has 2 N–H and O–H groups in total. The number of benzene rings is 2. The summed E-state index contributed by atoms with van der Waals surface area (Å²) in [6.07, 6.45) is 0. The molecule has 1 aliphatic heterocycles. The lowest BCUT2D eigenvalue weighted by Crippen LogP contribution is -3.19. The van der Waals surface area contributed by atoms with Crippen molar-refractivity contribution in [2.45, 2.75) is 13.0 Å². The average Bonchev–Trinajstić information content (AvgIpc) is 2.68. The number of carbonyl (C=O) groups is 1. The van der Waals surface area contributed by atoms with E-state index in [1.807, 2.05) is 37.3 Å². The van der Waals surface area contributed by atoms with Crippen LogP contribution in [0.2, 0.25) is 0 Å². The van der Waals surface area contributed by atoms with Gasteiger partial charge in [0, 0.05) is 23.5 Å². The Morgan fingerprint density at radius 1 is 1.12 bits per heavy atom. The van der Waals surface area contributed by atoms with Crippen LogP contribution in [0.1, 0.15) is 6.92 Å². The third kappa shape index (κ3) is 4.18. The van der Waals surface area contributed by atoms with E-state index < -0.39 is 0 Å². The van der Waals surface area contributed by atoms with Crippen LogP contribution in [0.15, 0.2) is 54.6 Å². The van der Waals surface area contributed by atoms with Crippen molar-refractivity contribution in [3.8, 4) is 0 Å². The number of non-ortho nitro benzene ring substituents is 1. The molecule has 136 valence electrons. The first-order valence-electron chi connectivity index (χ1n) is 8.74. The van der Waals surface area contributed by atoms with Gasteiger partial charge in [-0.05, 0) is 31.2 Å². The monoisotopic (exact) mass is 355 g/mol. The Hall–Kier alpha value is -2.93. The molecule has 2 aromatic carbocycles. The van der Waals surface area contributed by atoms with E-state index in [9.17, 15) is 14.9 Å². The molecule has 7 nitrogen and oxygen atoms in total. The highest BCUT2D eigenvalue weighted by atomic mass is 16.6. The third-order valence-electron chi connectivity index (χ3n) is 4.88. The van der Waals surface area contributed by atoms with E-state index in [4.69, 9.17) is 0 Å². The van der Waals surface area contributed by atoms with Crippen molar-refractivity contribution in [3.63, 3.8) is 0 Å². The zero-order chi connectivity index (χ0) is 18.5. The number of anilines is 2. The number of para-hydroxylation sites is 1. The number of carbonyl (C=O) groups excluding carboxylic acids is 1. The smallest absolute Gasteiger partial charge is 0.282 e. The lowest BCUT2D eigenvalue weighted by Gasteiger charge is -2.36. The van der Waals surface area contributed by atoms with Crippen LogP contribution >= 0.6 is 0 Å². The topological polar surface area (TPSA) is 79.9 Å². The van der Waals surface area contributed by atoms with Crippen molar-refractivity contribution in [2.24, 2.45) is 0 Å². The van der Waals surface area contributed by atoms with Gasteiger partial charge in [-0.3, -0.25) is 14.9 Å². The van der Waals surface area contributed by atoms with Crippen LogP contribution < -0.4 is 15.1 Å². The summed E-state index contributed by atoms with van der Waals surface area (Å²) in [7, 11) is 0. The van der Waals surface area contributed by atoms with E-state index in [1.165, 1.54) is 17.0 Å². The Morgan fingerprint density at radius 2 is 1.73 bits per heavy atom. The van der Waals surface area contributed by atoms with Gasteiger partial charge in [-0.15, -0.1) is 0 Å². The second-order valence-corrected chi connectivity index (χ2v) is 6.50. The molecule has 26 heavy (non-hydrogen) atoms. The normalized spacial score (nSPS) is 16.1.